The molecule has 1 nitrogen and oxygen atoms in total. The molecule has 0 saturated carbocycles. The molecule has 0 aromatic heterocycles. The number of hydrogen-bond donors (Lipinski definition) is 1. The van der Waals surface area contributed by atoms with Crippen LogP contribution >= 0.6 is 11.8 Å². The van der Waals surface area contributed by atoms with Crippen molar-refractivity contribution in [2.24, 2.45) is 5.92 Å². The van der Waals surface area contributed by atoms with Crippen molar-refractivity contribution in [3.8, 4) is 0 Å². The third-order valence-electron chi connectivity index (χ3n) is 2.67. The first-order valence-corrected chi connectivity index (χ1v) is 7.92. The maximum Gasteiger partial charge on any atom is 0.126 e. The summed E-state index contributed by atoms with van der Waals surface area (Å²) in [6, 6.07) is 4.01. The van der Waals surface area contributed by atoms with E-state index < -0.39 is 11.6 Å². The van der Waals surface area contributed by atoms with Crippen LogP contribution in [0, 0.1) is 17.6 Å². The van der Waals surface area contributed by atoms with Crippen LogP contribution in [-0.2, 0) is 6.42 Å². The van der Waals surface area contributed by atoms with Gasteiger partial charge in [-0.05, 0) is 42.3 Å². The molecule has 0 bridgehead atoms. The molecule has 0 saturated heterocycles. The smallest absolute Gasteiger partial charge is 0.126 e. The first kappa shape index (κ1) is 16.4. The van der Waals surface area contributed by atoms with Crippen molar-refractivity contribution in [2.45, 2.75) is 33.2 Å². The number of hydrogen-bond acceptors (Lipinski definition) is 2. The molecule has 1 aromatic carbocycles. The predicted octanol–water partition coefficient (Wildman–Crippen LogP) is 3.87. The van der Waals surface area contributed by atoms with Gasteiger partial charge in [0.25, 0.3) is 0 Å². The first-order valence-electron chi connectivity index (χ1n) is 6.77. The second-order valence-corrected chi connectivity index (χ2v) is 6.24. The molecular weight excluding hydrogens is 264 g/mol. The van der Waals surface area contributed by atoms with Crippen LogP contribution in [-0.4, -0.2) is 24.1 Å². The van der Waals surface area contributed by atoms with Gasteiger partial charge >= 0.3 is 0 Å². The zero-order valence-electron chi connectivity index (χ0n) is 11.9. The number of nitrogens with one attached hydrogen (secondary N) is 1. The number of rotatable bonds is 8. The van der Waals surface area contributed by atoms with Gasteiger partial charge in [0.2, 0.25) is 0 Å². The molecule has 0 aliphatic carbocycles. The van der Waals surface area contributed by atoms with E-state index in [1.807, 2.05) is 18.7 Å². The summed E-state index contributed by atoms with van der Waals surface area (Å²) in [5, 5.41) is 3.38. The minimum Gasteiger partial charge on any atom is -0.313 e. The highest BCUT2D eigenvalue weighted by molar-refractivity contribution is 7.99. The minimum absolute atomic E-state index is 0.259. The summed E-state index contributed by atoms with van der Waals surface area (Å²) < 4.78 is 26.3. The van der Waals surface area contributed by atoms with Gasteiger partial charge in [0.15, 0.2) is 0 Å². The van der Waals surface area contributed by atoms with Gasteiger partial charge in [0.1, 0.15) is 11.6 Å². The zero-order chi connectivity index (χ0) is 14.3. The fourth-order valence-electron chi connectivity index (χ4n) is 1.94. The van der Waals surface area contributed by atoms with Crippen LogP contribution in [0.5, 0.6) is 0 Å². The third kappa shape index (κ3) is 6.92. The Kier molecular flexibility index (Phi) is 7.39. The summed E-state index contributed by atoms with van der Waals surface area (Å²) in [6.45, 7) is 7.30. The van der Waals surface area contributed by atoms with Crippen LogP contribution in [0.2, 0.25) is 0 Å². The van der Waals surface area contributed by atoms with Gasteiger partial charge in [-0.2, -0.15) is 11.8 Å². The average Bonchev–Trinajstić information content (AvgIpc) is 2.27. The fourth-order valence-corrected chi connectivity index (χ4v) is 3.07. The molecule has 1 aromatic rings. The second kappa shape index (κ2) is 8.54. The lowest BCUT2D eigenvalue weighted by Crippen LogP contribution is -2.33. The first-order chi connectivity index (χ1) is 9.01. The van der Waals surface area contributed by atoms with Crippen LogP contribution in [0.25, 0.3) is 0 Å². The number of thioether (sulfide) groups is 1. The summed E-state index contributed by atoms with van der Waals surface area (Å²) in [4.78, 5) is 0. The molecule has 1 atom stereocenters. The highest BCUT2D eigenvalue weighted by atomic mass is 32.2. The highest BCUT2D eigenvalue weighted by Crippen LogP contribution is 2.14. The largest absolute Gasteiger partial charge is 0.313 e. The maximum absolute atomic E-state index is 13.2. The number of benzene rings is 1. The van der Waals surface area contributed by atoms with Crippen LogP contribution in [0.15, 0.2) is 18.2 Å². The summed E-state index contributed by atoms with van der Waals surface area (Å²) in [5.74, 6) is 1.74. The van der Waals surface area contributed by atoms with Crippen molar-refractivity contribution >= 4 is 11.8 Å². The van der Waals surface area contributed by atoms with E-state index in [1.165, 1.54) is 12.1 Å². The molecule has 19 heavy (non-hydrogen) atoms. The average molecular weight is 287 g/mol. The van der Waals surface area contributed by atoms with Gasteiger partial charge in [0, 0.05) is 17.9 Å². The summed E-state index contributed by atoms with van der Waals surface area (Å²) in [6.07, 6.45) is 0.660. The standard InChI is InChI=1S/C15H23F2NS/c1-4-18-15(10-19-9-11(2)3)7-12-5-13(16)8-14(17)6-12/h5-6,8,11,15,18H,4,7,9-10H2,1-3H3. The zero-order valence-corrected chi connectivity index (χ0v) is 12.7. The third-order valence-corrected chi connectivity index (χ3v) is 4.21. The Hall–Kier alpha value is -0.610. The van der Waals surface area contributed by atoms with Crippen molar-refractivity contribution in [3.05, 3.63) is 35.4 Å². The Labute approximate surface area is 119 Å². The van der Waals surface area contributed by atoms with Gasteiger partial charge in [0.05, 0.1) is 0 Å². The van der Waals surface area contributed by atoms with Crippen molar-refractivity contribution < 1.29 is 8.78 Å². The van der Waals surface area contributed by atoms with Gasteiger partial charge in [-0.3, -0.25) is 0 Å². The van der Waals surface area contributed by atoms with Crippen molar-refractivity contribution in [3.63, 3.8) is 0 Å². The Morgan fingerprint density at radius 1 is 1.11 bits per heavy atom. The SMILES string of the molecule is CCNC(CSCC(C)C)Cc1cc(F)cc(F)c1. The van der Waals surface area contributed by atoms with E-state index in [0.717, 1.165) is 24.1 Å². The van der Waals surface area contributed by atoms with E-state index in [1.54, 1.807) is 0 Å². The molecule has 0 fully saturated rings. The monoisotopic (exact) mass is 287 g/mol. The van der Waals surface area contributed by atoms with Crippen molar-refractivity contribution in [1.29, 1.82) is 0 Å². The summed E-state index contributed by atoms with van der Waals surface area (Å²) >= 11 is 1.89. The van der Waals surface area contributed by atoms with E-state index in [2.05, 4.69) is 19.2 Å². The molecule has 0 heterocycles. The molecule has 4 heteroatoms. The topological polar surface area (TPSA) is 12.0 Å². The van der Waals surface area contributed by atoms with E-state index >= 15 is 0 Å². The lowest BCUT2D eigenvalue weighted by atomic mass is 10.1. The molecule has 0 amide bonds. The van der Waals surface area contributed by atoms with E-state index in [-0.39, 0.29) is 6.04 Å². The molecule has 1 rings (SSSR count). The molecule has 0 spiro atoms. The van der Waals surface area contributed by atoms with E-state index in [4.69, 9.17) is 0 Å². The van der Waals surface area contributed by atoms with Crippen molar-refractivity contribution in [1.82, 2.24) is 5.32 Å². The number of likely N-dealkylation sites (N-methyl/N-ethyl adjacent to an activating group) is 1. The minimum atomic E-state index is -0.500. The van der Waals surface area contributed by atoms with Gasteiger partial charge in [-0.15, -0.1) is 0 Å². The lowest BCUT2D eigenvalue weighted by Gasteiger charge is -2.18. The molecule has 1 unspecified atom stereocenters. The predicted molar refractivity (Wildman–Crippen MR) is 79.7 cm³/mol. The molecular formula is C15H23F2NS. The Morgan fingerprint density at radius 2 is 1.74 bits per heavy atom. The molecule has 0 aliphatic rings. The van der Waals surface area contributed by atoms with Crippen LogP contribution in [0.1, 0.15) is 26.3 Å². The van der Waals surface area contributed by atoms with Gasteiger partial charge in [-0.25, -0.2) is 8.78 Å². The summed E-state index contributed by atoms with van der Waals surface area (Å²) in [5.41, 5.74) is 0.716. The number of halogens is 2. The molecule has 1 N–H and O–H groups in total. The molecule has 0 radical (unpaired) electrons. The van der Waals surface area contributed by atoms with Crippen LogP contribution in [0.4, 0.5) is 8.78 Å². The van der Waals surface area contributed by atoms with E-state index in [0.29, 0.717) is 17.9 Å². The Balaban J connectivity index is 2.56. The quantitative estimate of drug-likeness (QED) is 0.779. The summed E-state index contributed by atoms with van der Waals surface area (Å²) in [7, 11) is 0. The molecule has 108 valence electrons. The Bertz CT molecular complexity index is 362. The second-order valence-electron chi connectivity index (χ2n) is 5.17. The Morgan fingerprint density at radius 3 is 2.26 bits per heavy atom. The van der Waals surface area contributed by atoms with Crippen LogP contribution < -0.4 is 5.32 Å². The maximum atomic E-state index is 13.2. The highest BCUT2D eigenvalue weighted by Gasteiger charge is 2.11. The van der Waals surface area contributed by atoms with E-state index in [9.17, 15) is 8.78 Å². The normalized spacial score (nSPS) is 12.9. The van der Waals surface area contributed by atoms with Crippen molar-refractivity contribution in [2.75, 3.05) is 18.1 Å². The van der Waals surface area contributed by atoms with Gasteiger partial charge in [-0.1, -0.05) is 20.8 Å². The van der Waals surface area contributed by atoms with Gasteiger partial charge < -0.3 is 5.32 Å². The van der Waals surface area contributed by atoms with Crippen LogP contribution in [0.3, 0.4) is 0 Å². The molecule has 0 aliphatic heterocycles. The fraction of sp³-hybridized carbons (Fsp3) is 0.600. The lowest BCUT2D eigenvalue weighted by molar-refractivity contribution is 0.554.